The predicted octanol–water partition coefficient (Wildman–Crippen LogP) is 4.28. The van der Waals surface area contributed by atoms with Crippen LogP contribution >= 0.6 is 0 Å². The monoisotopic (exact) mass is 387 g/mol. The van der Waals surface area contributed by atoms with Crippen molar-refractivity contribution in [2.24, 2.45) is 7.05 Å². The molecule has 0 spiro atoms. The van der Waals surface area contributed by atoms with Crippen LogP contribution < -0.4 is 0 Å². The zero-order valence-corrected chi connectivity index (χ0v) is 15.8. The summed E-state index contributed by atoms with van der Waals surface area (Å²) in [5.41, 5.74) is 2.69. The minimum atomic E-state index is -0.715. The van der Waals surface area contributed by atoms with Crippen molar-refractivity contribution >= 4 is 33.5 Å². The third-order valence-corrected chi connectivity index (χ3v) is 4.78. The van der Waals surface area contributed by atoms with Gasteiger partial charge < -0.3 is 18.8 Å². The molecule has 29 heavy (non-hydrogen) atoms. The van der Waals surface area contributed by atoms with Gasteiger partial charge in [0, 0.05) is 18.0 Å². The Morgan fingerprint density at radius 1 is 1.24 bits per heavy atom. The fraction of sp³-hybridized carbons (Fsp3) is 0.136. The Bertz CT molecular complexity index is 1320. The number of allylic oxidation sites excluding steroid dienone is 1. The van der Waals surface area contributed by atoms with Crippen molar-refractivity contribution in [2.45, 2.75) is 6.92 Å². The number of nitrogens with zero attached hydrogens (tertiary/aromatic N) is 3. The first-order valence-electron chi connectivity index (χ1n) is 8.90. The van der Waals surface area contributed by atoms with E-state index < -0.39 is 12.6 Å². The fourth-order valence-corrected chi connectivity index (χ4v) is 3.25. The van der Waals surface area contributed by atoms with Crippen molar-refractivity contribution < 1.29 is 19.1 Å². The molecule has 0 aliphatic heterocycles. The first-order chi connectivity index (χ1) is 14.0. The van der Waals surface area contributed by atoms with Crippen LogP contribution in [0.5, 0.6) is 0 Å². The number of ether oxygens (including phenoxy) is 1. The van der Waals surface area contributed by atoms with Crippen LogP contribution in [0.15, 0.2) is 58.7 Å². The Morgan fingerprint density at radius 2 is 1.97 bits per heavy atom. The average Bonchev–Trinajstić information content (AvgIpc) is 3.25. The summed E-state index contributed by atoms with van der Waals surface area (Å²) < 4.78 is 12.5. The summed E-state index contributed by atoms with van der Waals surface area (Å²) in [7, 11) is 1.75. The first-order valence-corrected chi connectivity index (χ1v) is 8.90. The van der Waals surface area contributed by atoms with Gasteiger partial charge in [0.05, 0.1) is 11.0 Å². The van der Waals surface area contributed by atoms with Gasteiger partial charge in [-0.1, -0.05) is 30.3 Å². The van der Waals surface area contributed by atoms with Crippen LogP contribution in [0.4, 0.5) is 0 Å². The molecule has 1 N–H and O–H groups in total. The predicted molar refractivity (Wildman–Crippen MR) is 107 cm³/mol. The fourth-order valence-electron chi connectivity index (χ4n) is 3.25. The minimum Gasteiger partial charge on any atom is -0.507 e. The van der Waals surface area contributed by atoms with E-state index in [-0.39, 0.29) is 17.1 Å². The molecule has 144 valence electrons. The molecular weight excluding hydrogens is 370 g/mol. The number of hydrogen-bond acceptors (Lipinski definition) is 6. The summed E-state index contributed by atoms with van der Waals surface area (Å²) >= 11 is 0. The number of para-hydroxylation sites is 3. The Morgan fingerprint density at radius 3 is 2.69 bits per heavy atom. The molecular formula is C22H17N3O4. The van der Waals surface area contributed by atoms with Gasteiger partial charge in [-0.05, 0) is 25.1 Å². The zero-order chi connectivity index (χ0) is 20.5. The molecule has 0 saturated carbocycles. The summed E-state index contributed by atoms with van der Waals surface area (Å²) in [5, 5.41) is 20.8. The van der Waals surface area contributed by atoms with Gasteiger partial charge in [0.25, 0.3) is 0 Å². The van der Waals surface area contributed by atoms with Crippen LogP contribution in [0.2, 0.25) is 0 Å². The number of aliphatic hydroxyl groups excluding tert-OH is 1. The first kappa shape index (κ1) is 18.3. The highest BCUT2D eigenvalue weighted by molar-refractivity contribution is 5.96. The van der Waals surface area contributed by atoms with E-state index >= 15 is 0 Å². The van der Waals surface area contributed by atoms with Crippen LogP contribution in [-0.2, 0) is 11.8 Å². The second-order valence-corrected chi connectivity index (χ2v) is 6.55. The van der Waals surface area contributed by atoms with Crippen molar-refractivity contribution in [3.63, 3.8) is 0 Å². The summed E-state index contributed by atoms with van der Waals surface area (Å²) in [5.74, 6) is -0.733. The number of carbonyl (C=O) groups excluding carboxylic acids is 1. The SMILES string of the molecule is Cc1c(C(=O)OC/C(O)=C(\C#N)c2nc3ccccc3n2C)oc2ccccc12. The van der Waals surface area contributed by atoms with Crippen molar-refractivity contribution in [1.82, 2.24) is 9.55 Å². The quantitative estimate of drug-likeness (QED) is 0.319. The average molecular weight is 387 g/mol. The third kappa shape index (κ3) is 3.11. The van der Waals surface area contributed by atoms with E-state index in [0.717, 1.165) is 10.9 Å². The van der Waals surface area contributed by atoms with Crippen LogP contribution in [0.25, 0.3) is 27.6 Å². The number of furan rings is 1. The molecule has 2 aromatic carbocycles. The molecule has 0 bridgehead atoms. The standard InChI is InChI=1S/C22H17N3O4/c1-13-14-7-3-6-10-19(14)29-20(13)22(27)28-12-18(26)15(11-23)21-24-16-8-4-5-9-17(16)25(21)2/h3-10,26H,12H2,1-2H3/b18-15-. The highest BCUT2D eigenvalue weighted by Crippen LogP contribution is 2.26. The Labute approximate surface area is 166 Å². The highest BCUT2D eigenvalue weighted by atomic mass is 16.6. The lowest BCUT2D eigenvalue weighted by molar-refractivity contribution is 0.0468. The van der Waals surface area contributed by atoms with E-state index in [1.54, 1.807) is 24.6 Å². The Kier molecular flexibility index (Phi) is 4.53. The largest absolute Gasteiger partial charge is 0.507 e. The number of aromatic nitrogens is 2. The molecule has 0 unspecified atom stereocenters. The number of nitriles is 1. The summed E-state index contributed by atoms with van der Waals surface area (Å²) in [6.07, 6.45) is 0. The summed E-state index contributed by atoms with van der Waals surface area (Å²) in [6, 6.07) is 16.6. The third-order valence-electron chi connectivity index (χ3n) is 4.78. The molecule has 7 nitrogen and oxygen atoms in total. The number of imidazole rings is 1. The van der Waals surface area contributed by atoms with Crippen LogP contribution in [0.3, 0.4) is 0 Å². The normalized spacial score (nSPS) is 12.0. The molecule has 0 atom stereocenters. The van der Waals surface area contributed by atoms with Crippen molar-refractivity contribution in [2.75, 3.05) is 6.61 Å². The van der Waals surface area contributed by atoms with Gasteiger partial charge >= 0.3 is 5.97 Å². The molecule has 4 rings (SSSR count). The molecule has 0 fully saturated rings. The second kappa shape index (κ2) is 7.17. The van der Waals surface area contributed by atoms with Crippen molar-refractivity contribution in [3.8, 4) is 6.07 Å². The number of benzene rings is 2. The number of fused-ring (bicyclic) bond motifs is 2. The number of rotatable bonds is 4. The lowest BCUT2D eigenvalue weighted by Crippen LogP contribution is -2.10. The molecule has 7 heteroatoms. The lowest BCUT2D eigenvalue weighted by atomic mass is 10.1. The van der Waals surface area contributed by atoms with Gasteiger partial charge in [0.15, 0.2) is 18.2 Å². The van der Waals surface area contributed by atoms with E-state index in [2.05, 4.69) is 4.98 Å². The zero-order valence-electron chi connectivity index (χ0n) is 15.8. The van der Waals surface area contributed by atoms with Crippen LogP contribution in [0.1, 0.15) is 21.9 Å². The molecule has 2 heterocycles. The number of aryl methyl sites for hydroxylation is 2. The maximum absolute atomic E-state index is 12.4. The van der Waals surface area contributed by atoms with E-state index in [1.165, 1.54) is 0 Å². The van der Waals surface area contributed by atoms with Crippen LogP contribution in [-0.4, -0.2) is 27.2 Å². The number of aliphatic hydroxyl groups is 1. The maximum Gasteiger partial charge on any atom is 0.375 e. The van der Waals surface area contributed by atoms with Crippen molar-refractivity contribution in [1.29, 1.82) is 5.26 Å². The topological polar surface area (TPSA) is 101 Å². The van der Waals surface area contributed by atoms with Gasteiger partial charge in [0.2, 0.25) is 5.76 Å². The van der Waals surface area contributed by atoms with E-state index in [0.29, 0.717) is 22.5 Å². The molecule has 0 radical (unpaired) electrons. The van der Waals surface area contributed by atoms with Gasteiger partial charge in [-0.3, -0.25) is 0 Å². The Balaban J connectivity index is 1.61. The van der Waals surface area contributed by atoms with E-state index in [1.807, 2.05) is 48.5 Å². The summed E-state index contributed by atoms with van der Waals surface area (Å²) in [6.45, 7) is 1.29. The van der Waals surface area contributed by atoms with Gasteiger partial charge in [-0.25, -0.2) is 9.78 Å². The van der Waals surface area contributed by atoms with Gasteiger partial charge in [-0.2, -0.15) is 5.26 Å². The molecule has 2 aromatic heterocycles. The molecule has 4 aromatic rings. The summed E-state index contributed by atoms with van der Waals surface area (Å²) in [4.78, 5) is 16.8. The van der Waals surface area contributed by atoms with E-state index in [4.69, 9.17) is 9.15 Å². The number of hydrogen-bond donors (Lipinski definition) is 1. The van der Waals surface area contributed by atoms with E-state index in [9.17, 15) is 15.2 Å². The number of esters is 1. The van der Waals surface area contributed by atoms with Gasteiger partial charge in [0.1, 0.15) is 17.2 Å². The van der Waals surface area contributed by atoms with Gasteiger partial charge in [-0.15, -0.1) is 0 Å². The maximum atomic E-state index is 12.4. The smallest absolute Gasteiger partial charge is 0.375 e. The molecule has 0 aliphatic carbocycles. The molecule has 0 amide bonds. The Hall–Kier alpha value is -4.05. The molecule has 0 aliphatic rings. The lowest BCUT2D eigenvalue weighted by Gasteiger charge is -2.06. The highest BCUT2D eigenvalue weighted by Gasteiger charge is 2.21. The minimum absolute atomic E-state index is 0.0576. The van der Waals surface area contributed by atoms with Crippen LogP contribution in [0, 0.1) is 18.3 Å². The second-order valence-electron chi connectivity index (χ2n) is 6.55. The van der Waals surface area contributed by atoms with Crippen molar-refractivity contribution in [3.05, 3.63) is 71.4 Å². The molecule has 0 saturated heterocycles. The number of carbonyl (C=O) groups is 1.